The van der Waals surface area contributed by atoms with Gasteiger partial charge in [0.15, 0.2) is 23.8 Å². The van der Waals surface area contributed by atoms with E-state index in [1.807, 2.05) is 36.4 Å². The molecule has 2 aliphatic carbocycles. The molecule has 0 radical (unpaired) electrons. The topological polar surface area (TPSA) is 329 Å². The number of guanidine groups is 4. The Balaban J connectivity index is 1.53. The number of hydrogen-bond donors (Lipinski definition) is 16. The summed E-state index contributed by atoms with van der Waals surface area (Å²) in [5, 5.41) is 92.0. The number of fused-ring (bicyclic) bond motifs is 4. The summed E-state index contributed by atoms with van der Waals surface area (Å²) in [5.74, 6) is -1.11. The molecular formula is C41H52N12O4. The number of rotatable bonds is 14. The first-order valence-corrected chi connectivity index (χ1v) is 18.8. The van der Waals surface area contributed by atoms with Crippen LogP contribution in [0.3, 0.4) is 0 Å². The van der Waals surface area contributed by atoms with Gasteiger partial charge < -0.3 is 64.6 Å². The molecule has 0 saturated heterocycles. The average molecular weight is 777 g/mol. The van der Waals surface area contributed by atoms with Crippen LogP contribution in [0.2, 0.25) is 0 Å². The average Bonchev–Trinajstić information content (AvgIpc) is 3.13. The van der Waals surface area contributed by atoms with Crippen LogP contribution in [-0.2, 0) is 56.1 Å². The lowest BCUT2D eigenvalue weighted by Gasteiger charge is -2.42. The lowest BCUT2D eigenvalue weighted by Crippen LogP contribution is -2.41. The third-order valence-corrected chi connectivity index (χ3v) is 10.8. The molecule has 16 nitrogen and oxygen atoms in total. The van der Waals surface area contributed by atoms with E-state index in [1.54, 1.807) is 24.3 Å². The van der Waals surface area contributed by atoms with E-state index in [0.29, 0.717) is 80.4 Å². The number of benzene rings is 4. The van der Waals surface area contributed by atoms with Gasteiger partial charge >= 0.3 is 0 Å². The molecule has 0 spiro atoms. The highest BCUT2D eigenvalue weighted by Gasteiger charge is 2.48. The number of aliphatic hydroxyl groups is 2. The summed E-state index contributed by atoms with van der Waals surface area (Å²) in [6.07, 6.45) is 2.94. The van der Waals surface area contributed by atoms with Crippen LogP contribution in [0.1, 0.15) is 66.8 Å². The van der Waals surface area contributed by atoms with E-state index in [1.165, 1.54) is 0 Å². The van der Waals surface area contributed by atoms with Gasteiger partial charge in [-0.3, -0.25) is 21.6 Å². The monoisotopic (exact) mass is 776 g/mol. The van der Waals surface area contributed by atoms with E-state index < -0.39 is 11.2 Å². The number of hydrogen-bond acceptors (Lipinski definition) is 8. The maximum Gasteiger partial charge on any atom is 0.185 e. The van der Waals surface area contributed by atoms with E-state index in [2.05, 4.69) is 21.3 Å². The molecule has 4 aromatic rings. The maximum absolute atomic E-state index is 13.5. The Labute approximate surface area is 330 Å². The zero-order chi connectivity index (χ0) is 41.1. The highest BCUT2D eigenvalue weighted by molar-refractivity contribution is 5.75. The fraction of sp³-hybridized carbons (Fsp3) is 0.317. The van der Waals surface area contributed by atoms with Gasteiger partial charge in [-0.05, 0) is 107 Å². The van der Waals surface area contributed by atoms with Gasteiger partial charge in [-0.25, -0.2) is 0 Å². The van der Waals surface area contributed by atoms with Crippen LogP contribution in [0, 0.1) is 21.6 Å². The van der Waals surface area contributed by atoms with Gasteiger partial charge in [-0.2, -0.15) is 0 Å². The van der Waals surface area contributed by atoms with Crippen LogP contribution in [0.15, 0.2) is 60.7 Å². The van der Waals surface area contributed by atoms with Crippen molar-refractivity contribution in [1.29, 1.82) is 21.6 Å². The Kier molecular flexibility index (Phi) is 11.5. The molecular weight excluding hydrogens is 725 g/mol. The van der Waals surface area contributed by atoms with Gasteiger partial charge in [-0.15, -0.1) is 0 Å². The first-order valence-electron chi connectivity index (χ1n) is 18.8. The fourth-order valence-corrected chi connectivity index (χ4v) is 8.09. The lowest BCUT2D eigenvalue weighted by molar-refractivity contribution is 0.0524. The smallest absolute Gasteiger partial charge is 0.185 e. The number of aryl methyl sites for hydroxylation is 2. The number of phenolic OH excluding ortho intramolecular Hbond substituents is 2. The summed E-state index contributed by atoms with van der Waals surface area (Å²) in [4.78, 5) is 0. The van der Waals surface area contributed by atoms with Crippen molar-refractivity contribution >= 4 is 23.8 Å². The van der Waals surface area contributed by atoms with Crippen molar-refractivity contribution in [3.8, 4) is 11.5 Å². The molecule has 6 rings (SSSR count). The normalized spacial score (nSPS) is 17.8. The van der Waals surface area contributed by atoms with Crippen molar-refractivity contribution in [2.75, 3.05) is 26.2 Å². The molecule has 2 unspecified atom stereocenters. The summed E-state index contributed by atoms with van der Waals surface area (Å²) < 4.78 is 0. The molecule has 16 heteroatoms. The largest absolute Gasteiger partial charge is 0.507 e. The van der Waals surface area contributed by atoms with Gasteiger partial charge in [0, 0.05) is 49.3 Å². The third kappa shape index (κ3) is 8.36. The van der Waals surface area contributed by atoms with E-state index in [0.717, 1.165) is 27.8 Å². The number of nitrogens with two attached hydrogens (primary N) is 4. The lowest BCUT2D eigenvalue weighted by atomic mass is 9.66. The Bertz CT molecular complexity index is 2240. The predicted octanol–water partition coefficient (Wildman–Crippen LogP) is 0.375. The van der Waals surface area contributed by atoms with E-state index in [4.69, 9.17) is 44.6 Å². The number of nitrogens with one attached hydrogen (secondary N) is 8. The maximum atomic E-state index is 13.5. The van der Waals surface area contributed by atoms with Gasteiger partial charge in [0.25, 0.3) is 0 Å². The van der Waals surface area contributed by atoms with Crippen molar-refractivity contribution in [3.05, 3.63) is 127 Å². The summed E-state index contributed by atoms with van der Waals surface area (Å²) >= 11 is 0. The second-order valence-electron chi connectivity index (χ2n) is 14.8. The van der Waals surface area contributed by atoms with Crippen molar-refractivity contribution in [2.45, 2.75) is 56.1 Å². The van der Waals surface area contributed by atoms with E-state index >= 15 is 0 Å². The molecule has 300 valence electrons. The molecule has 0 aliphatic heterocycles. The summed E-state index contributed by atoms with van der Waals surface area (Å²) in [7, 11) is 0. The minimum Gasteiger partial charge on any atom is -0.507 e. The molecule has 57 heavy (non-hydrogen) atoms. The van der Waals surface area contributed by atoms with Gasteiger partial charge in [0.1, 0.15) is 22.7 Å². The van der Waals surface area contributed by atoms with Crippen LogP contribution < -0.4 is 44.2 Å². The van der Waals surface area contributed by atoms with Crippen LogP contribution in [0.4, 0.5) is 0 Å². The number of phenols is 2. The summed E-state index contributed by atoms with van der Waals surface area (Å²) in [5.41, 5.74) is 25.4. The van der Waals surface area contributed by atoms with Crippen LogP contribution in [-0.4, -0.2) is 70.4 Å². The highest BCUT2D eigenvalue weighted by Crippen LogP contribution is 2.53. The fourth-order valence-electron chi connectivity index (χ4n) is 8.09. The van der Waals surface area contributed by atoms with E-state index in [9.17, 15) is 20.4 Å². The molecule has 20 N–H and O–H groups in total. The Hall–Kier alpha value is -6.52. The Morgan fingerprint density at radius 1 is 0.491 bits per heavy atom. The van der Waals surface area contributed by atoms with Crippen LogP contribution in [0.25, 0.3) is 0 Å². The zero-order valence-electron chi connectivity index (χ0n) is 31.6. The predicted molar refractivity (Wildman–Crippen MR) is 220 cm³/mol. The van der Waals surface area contributed by atoms with Crippen molar-refractivity contribution in [3.63, 3.8) is 0 Å². The van der Waals surface area contributed by atoms with Crippen LogP contribution in [0.5, 0.6) is 11.5 Å². The van der Waals surface area contributed by atoms with Gasteiger partial charge in [0.05, 0.1) is 0 Å². The second-order valence-corrected chi connectivity index (χ2v) is 14.8. The number of aromatic hydroxyl groups is 2. The van der Waals surface area contributed by atoms with Crippen molar-refractivity contribution in [2.24, 2.45) is 22.9 Å². The molecule has 0 heterocycles. The van der Waals surface area contributed by atoms with E-state index in [-0.39, 0.29) is 65.0 Å². The van der Waals surface area contributed by atoms with Crippen molar-refractivity contribution in [1.82, 2.24) is 21.3 Å². The zero-order valence-corrected chi connectivity index (χ0v) is 31.6. The highest BCUT2D eigenvalue weighted by atomic mass is 16.3. The molecule has 2 bridgehead atoms. The first-order chi connectivity index (χ1) is 27.1. The first kappa shape index (κ1) is 40.2. The molecule has 2 aliphatic rings. The quantitative estimate of drug-likeness (QED) is 0.0610. The molecule has 2 atom stereocenters. The van der Waals surface area contributed by atoms with Crippen LogP contribution >= 0.6 is 0 Å². The molecule has 0 saturated carbocycles. The summed E-state index contributed by atoms with van der Waals surface area (Å²) in [6, 6.07) is 18.3. The van der Waals surface area contributed by atoms with Crippen molar-refractivity contribution < 1.29 is 20.4 Å². The van der Waals surface area contributed by atoms with Gasteiger partial charge in [-0.1, -0.05) is 42.5 Å². The Morgan fingerprint density at radius 3 is 1.40 bits per heavy atom. The molecule has 0 aromatic heterocycles. The standard InChI is InChI=1S/C41H52N12O4/c42-36(43)50-11-7-22-2-6-30-26(15-22)3-4-27-17-24(9-13-52-38(46)47)19-32(34(27)54)41(30,57)33-20-25(10-14-53-39(48)49)18-31(35(33)55)40(56)21-28-16-23(1-5-29(28)40)8-12-51-37(44)45/h1-2,5-6,15-20,54-57H,3-4,7-14,21H2,(H4,42,43,50)(H4,44,45,51)(H4,46,47,52)(H4,48,49,53). The molecule has 4 aromatic carbocycles. The summed E-state index contributed by atoms with van der Waals surface area (Å²) in [6.45, 7) is 1.49. The Morgan fingerprint density at radius 2 is 0.895 bits per heavy atom. The molecule has 0 amide bonds. The SMILES string of the molecule is N=C(N)NCCc1ccc2c(c1)CC2(O)c1cc(CCNC(=N)N)cc(C2(O)c3ccc(CCNC(=N)N)cc3CCc3cc(CCNC(=N)N)cc2c3O)c1O. The van der Waals surface area contributed by atoms with Gasteiger partial charge in [0.2, 0.25) is 0 Å². The minimum atomic E-state index is -2.14. The third-order valence-electron chi connectivity index (χ3n) is 10.8. The second kappa shape index (κ2) is 16.3. The minimum absolute atomic E-state index is 0.0565. The molecule has 0 fully saturated rings.